The van der Waals surface area contributed by atoms with E-state index in [4.69, 9.17) is 0 Å². The number of allylic oxidation sites excluding steroid dienone is 1. The minimum absolute atomic E-state index is 0.0194. The van der Waals surface area contributed by atoms with Gasteiger partial charge in [0.05, 0.1) is 11.9 Å². The zero-order chi connectivity index (χ0) is 10.4. The molecule has 0 saturated carbocycles. The Labute approximate surface area is 91.4 Å². The minimum atomic E-state index is -0.0194. The Morgan fingerprint density at radius 1 is 1.64 bits per heavy atom. The highest BCUT2D eigenvalue weighted by Gasteiger charge is 2.00. The van der Waals surface area contributed by atoms with Gasteiger partial charge in [0.1, 0.15) is 4.60 Å². The number of amides is 1. The van der Waals surface area contributed by atoms with Crippen LogP contribution in [0.1, 0.15) is 12.8 Å². The fraction of sp³-hybridized carbons (Fsp3) is 0.200. The number of nitrogens with one attached hydrogen (secondary N) is 1. The topological polar surface area (TPSA) is 42.0 Å². The van der Waals surface area contributed by atoms with Crippen LogP contribution in [-0.4, -0.2) is 10.9 Å². The summed E-state index contributed by atoms with van der Waals surface area (Å²) in [5, 5.41) is 2.73. The van der Waals surface area contributed by atoms with Crippen molar-refractivity contribution in [2.24, 2.45) is 0 Å². The van der Waals surface area contributed by atoms with Gasteiger partial charge >= 0.3 is 0 Å². The quantitative estimate of drug-likeness (QED) is 0.664. The van der Waals surface area contributed by atoms with Crippen LogP contribution in [0.2, 0.25) is 0 Å². The monoisotopic (exact) mass is 254 g/mol. The average molecular weight is 255 g/mol. The first-order valence-electron chi connectivity index (χ1n) is 4.24. The molecule has 0 aliphatic carbocycles. The molecule has 1 aromatic heterocycles. The number of pyridine rings is 1. The molecule has 74 valence electrons. The third-order valence-electron chi connectivity index (χ3n) is 1.59. The van der Waals surface area contributed by atoms with E-state index in [0.29, 0.717) is 18.5 Å². The van der Waals surface area contributed by atoms with Gasteiger partial charge in [-0.05, 0) is 34.5 Å². The molecule has 0 aliphatic heterocycles. The first kappa shape index (κ1) is 10.9. The fourth-order valence-corrected chi connectivity index (χ4v) is 1.14. The lowest BCUT2D eigenvalue weighted by Crippen LogP contribution is -2.10. The van der Waals surface area contributed by atoms with E-state index in [0.717, 1.165) is 4.60 Å². The van der Waals surface area contributed by atoms with Crippen molar-refractivity contribution in [2.75, 3.05) is 5.32 Å². The first-order valence-corrected chi connectivity index (χ1v) is 5.04. The lowest BCUT2D eigenvalue weighted by atomic mass is 10.3. The molecule has 1 rings (SSSR count). The molecule has 1 N–H and O–H groups in total. The number of nitrogens with zero attached hydrogens (tertiary/aromatic N) is 1. The molecular formula is C10H11BrN2O. The minimum Gasteiger partial charge on any atom is -0.325 e. The third-order valence-corrected chi connectivity index (χ3v) is 2.06. The summed E-state index contributed by atoms with van der Waals surface area (Å²) in [6.45, 7) is 3.55. The highest BCUT2D eigenvalue weighted by atomic mass is 79.9. The second-order valence-electron chi connectivity index (χ2n) is 2.75. The van der Waals surface area contributed by atoms with Crippen LogP contribution in [0.25, 0.3) is 0 Å². The van der Waals surface area contributed by atoms with Crippen molar-refractivity contribution >= 4 is 27.5 Å². The van der Waals surface area contributed by atoms with Crippen LogP contribution in [0.5, 0.6) is 0 Å². The summed E-state index contributed by atoms with van der Waals surface area (Å²) in [7, 11) is 0. The van der Waals surface area contributed by atoms with E-state index in [1.807, 2.05) is 0 Å². The largest absolute Gasteiger partial charge is 0.325 e. The Balaban J connectivity index is 2.47. The van der Waals surface area contributed by atoms with Gasteiger partial charge in [-0.3, -0.25) is 4.79 Å². The standard InChI is InChI=1S/C10H11BrN2O/c1-2-3-4-10(14)13-8-5-6-9(11)12-7-8/h2,5-7H,1,3-4H2,(H,13,14). The molecule has 1 aromatic rings. The van der Waals surface area contributed by atoms with E-state index >= 15 is 0 Å². The summed E-state index contributed by atoms with van der Waals surface area (Å²) in [6.07, 6.45) is 4.48. The molecule has 0 fully saturated rings. The summed E-state index contributed by atoms with van der Waals surface area (Å²) >= 11 is 3.22. The Morgan fingerprint density at radius 3 is 3.00 bits per heavy atom. The second kappa shape index (κ2) is 5.54. The Bertz CT molecular complexity index is 321. The van der Waals surface area contributed by atoms with Gasteiger partial charge in [0, 0.05) is 6.42 Å². The molecule has 0 atom stereocenters. The molecule has 0 unspecified atom stereocenters. The number of halogens is 1. The van der Waals surface area contributed by atoms with Crippen LogP contribution in [0, 0.1) is 0 Å². The highest BCUT2D eigenvalue weighted by Crippen LogP contribution is 2.10. The van der Waals surface area contributed by atoms with E-state index in [1.54, 1.807) is 24.4 Å². The van der Waals surface area contributed by atoms with Gasteiger partial charge in [-0.15, -0.1) is 6.58 Å². The van der Waals surface area contributed by atoms with E-state index in [2.05, 4.69) is 32.8 Å². The van der Waals surface area contributed by atoms with Gasteiger partial charge in [-0.25, -0.2) is 4.98 Å². The van der Waals surface area contributed by atoms with Gasteiger partial charge in [0.25, 0.3) is 0 Å². The molecule has 1 amide bonds. The summed E-state index contributed by atoms with van der Waals surface area (Å²) < 4.78 is 0.751. The molecule has 0 saturated heterocycles. The number of hydrogen-bond donors (Lipinski definition) is 1. The molecule has 0 bridgehead atoms. The summed E-state index contributed by atoms with van der Waals surface area (Å²) in [4.78, 5) is 15.3. The molecular weight excluding hydrogens is 244 g/mol. The number of carbonyl (C=O) groups excluding carboxylic acids is 1. The summed E-state index contributed by atoms with van der Waals surface area (Å²) in [6, 6.07) is 3.58. The molecule has 0 aromatic carbocycles. The maximum absolute atomic E-state index is 11.3. The van der Waals surface area contributed by atoms with Crippen LogP contribution < -0.4 is 5.32 Å². The maximum atomic E-state index is 11.3. The smallest absolute Gasteiger partial charge is 0.224 e. The SMILES string of the molecule is C=CCCC(=O)Nc1ccc(Br)nc1. The number of anilines is 1. The lowest BCUT2D eigenvalue weighted by molar-refractivity contribution is -0.116. The van der Waals surface area contributed by atoms with Crippen molar-refractivity contribution in [2.45, 2.75) is 12.8 Å². The van der Waals surface area contributed by atoms with Gasteiger partial charge < -0.3 is 5.32 Å². The van der Waals surface area contributed by atoms with E-state index in [1.165, 1.54) is 0 Å². The third kappa shape index (κ3) is 3.70. The molecule has 4 heteroatoms. The van der Waals surface area contributed by atoms with Gasteiger partial charge in [0.15, 0.2) is 0 Å². The van der Waals surface area contributed by atoms with Gasteiger partial charge in [-0.2, -0.15) is 0 Å². The number of hydrogen-bond acceptors (Lipinski definition) is 2. The summed E-state index contributed by atoms with van der Waals surface area (Å²) in [5.74, 6) is -0.0194. The van der Waals surface area contributed by atoms with E-state index in [-0.39, 0.29) is 5.91 Å². The average Bonchev–Trinajstić information content (AvgIpc) is 2.18. The zero-order valence-electron chi connectivity index (χ0n) is 7.66. The predicted molar refractivity (Wildman–Crippen MR) is 60.0 cm³/mol. The molecule has 1 heterocycles. The molecule has 14 heavy (non-hydrogen) atoms. The van der Waals surface area contributed by atoms with Crippen LogP contribution >= 0.6 is 15.9 Å². The normalized spacial score (nSPS) is 9.50. The highest BCUT2D eigenvalue weighted by molar-refractivity contribution is 9.10. The summed E-state index contributed by atoms with van der Waals surface area (Å²) in [5.41, 5.74) is 0.710. The van der Waals surface area contributed by atoms with Crippen LogP contribution in [0.15, 0.2) is 35.6 Å². The van der Waals surface area contributed by atoms with Gasteiger partial charge in [-0.1, -0.05) is 6.08 Å². The molecule has 0 radical (unpaired) electrons. The lowest BCUT2D eigenvalue weighted by Gasteiger charge is -2.02. The Morgan fingerprint density at radius 2 is 2.43 bits per heavy atom. The zero-order valence-corrected chi connectivity index (χ0v) is 9.25. The van der Waals surface area contributed by atoms with Gasteiger partial charge in [0.2, 0.25) is 5.91 Å². The fourth-order valence-electron chi connectivity index (χ4n) is 0.906. The number of carbonyl (C=O) groups is 1. The molecule has 0 aliphatic rings. The first-order chi connectivity index (χ1) is 6.72. The van der Waals surface area contributed by atoms with Crippen LogP contribution in [0.4, 0.5) is 5.69 Å². The van der Waals surface area contributed by atoms with Crippen molar-refractivity contribution in [1.29, 1.82) is 0 Å². The van der Waals surface area contributed by atoms with Crippen LogP contribution in [0.3, 0.4) is 0 Å². The van der Waals surface area contributed by atoms with E-state index in [9.17, 15) is 4.79 Å². The molecule has 0 spiro atoms. The maximum Gasteiger partial charge on any atom is 0.224 e. The Hall–Kier alpha value is -1.16. The van der Waals surface area contributed by atoms with Crippen molar-refractivity contribution in [3.63, 3.8) is 0 Å². The second-order valence-corrected chi connectivity index (χ2v) is 3.56. The van der Waals surface area contributed by atoms with Crippen molar-refractivity contribution in [1.82, 2.24) is 4.98 Å². The predicted octanol–water partition coefficient (Wildman–Crippen LogP) is 2.75. The van der Waals surface area contributed by atoms with Crippen molar-refractivity contribution in [3.8, 4) is 0 Å². The van der Waals surface area contributed by atoms with Crippen molar-refractivity contribution < 1.29 is 4.79 Å². The number of aromatic nitrogens is 1. The van der Waals surface area contributed by atoms with E-state index < -0.39 is 0 Å². The molecule has 3 nitrogen and oxygen atoms in total. The van der Waals surface area contributed by atoms with Crippen molar-refractivity contribution in [3.05, 3.63) is 35.6 Å². The van der Waals surface area contributed by atoms with Crippen LogP contribution in [-0.2, 0) is 4.79 Å². The number of rotatable bonds is 4. The Kier molecular flexibility index (Phi) is 4.32.